The molecule has 0 fully saturated rings. The lowest BCUT2D eigenvalue weighted by Gasteiger charge is -2.14. The van der Waals surface area contributed by atoms with Gasteiger partial charge in [0.25, 0.3) is 0 Å². The van der Waals surface area contributed by atoms with Gasteiger partial charge >= 0.3 is 6.18 Å². The molecule has 0 saturated carbocycles. The second-order valence-corrected chi connectivity index (χ2v) is 3.76. The highest BCUT2D eigenvalue weighted by atomic mass is 19.4. The van der Waals surface area contributed by atoms with Crippen LogP contribution in [0, 0.1) is 17.5 Å². The number of hydrogen-bond donors (Lipinski definition) is 1. The number of rotatable bonds is 5. The van der Waals surface area contributed by atoms with Gasteiger partial charge in [0.2, 0.25) is 0 Å². The van der Waals surface area contributed by atoms with Gasteiger partial charge in [-0.1, -0.05) is 0 Å². The zero-order valence-corrected chi connectivity index (χ0v) is 9.48. The molecule has 2 nitrogen and oxygen atoms in total. The molecule has 1 unspecified atom stereocenters. The Hall–Kier alpha value is -1.28. The Morgan fingerprint density at radius 3 is 2.11 bits per heavy atom. The summed E-state index contributed by atoms with van der Waals surface area (Å²) in [6.07, 6.45) is -6.68. The first-order valence-electron chi connectivity index (χ1n) is 5.17. The van der Waals surface area contributed by atoms with Crippen molar-refractivity contribution in [1.29, 1.82) is 0 Å². The average Bonchev–Trinajstić information content (AvgIpc) is 2.21. The van der Waals surface area contributed by atoms with Crippen LogP contribution in [-0.2, 0) is 4.74 Å². The predicted octanol–water partition coefficient (Wildman–Crippen LogP) is 3.11. The van der Waals surface area contributed by atoms with Crippen LogP contribution in [0.4, 0.5) is 26.3 Å². The zero-order valence-electron chi connectivity index (χ0n) is 9.48. The molecule has 0 amide bonds. The van der Waals surface area contributed by atoms with E-state index in [-0.39, 0.29) is 0 Å². The fourth-order valence-electron chi connectivity index (χ4n) is 1.40. The minimum absolute atomic E-state index is 0.373. The van der Waals surface area contributed by atoms with Crippen LogP contribution in [0.1, 0.15) is 18.1 Å². The summed E-state index contributed by atoms with van der Waals surface area (Å²) in [5.74, 6) is -3.76. The topological polar surface area (TPSA) is 29.5 Å². The van der Waals surface area contributed by atoms with Gasteiger partial charge in [-0.25, -0.2) is 13.2 Å². The van der Waals surface area contributed by atoms with Crippen molar-refractivity contribution in [2.24, 2.45) is 0 Å². The van der Waals surface area contributed by atoms with Gasteiger partial charge in [-0.3, -0.25) is 0 Å². The molecule has 0 radical (unpaired) electrons. The summed E-state index contributed by atoms with van der Waals surface area (Å²) >= 11 is 0. The minimum atomic E-state index is -4.52. The van der Waals surface area contributed by atoms with E-state index in [1.165, 1.54) is 0 Å². The Morgan fingerprint density at radius 1 is 1.11 bits per heavy atom. The third-order valence-electron chi connectivity index (χ3n) is 2.18. The van der Waals surface area contributed by atoms with E-state index in [1.54, 1.807) is 0 Å². The molecule has 1 atom stereocenters. The second kappa shape index (κ2) is 6.25. The molecule has 0 aromatic heterocycles. The highest BCUT2D eigenvalue weighted by Gasteiger charge is 2.27. The highest BCUT2D eigenvalue weighted by molar-refractivity contribution is 5.23. The number of aliphatic hydroxyl groups excluding tert-OH is 1. The van der Waals surface area contributed by atoms with Gasteiger partial charge in [-0.05, 0) is 0 Å². The van der Waals surface area contributed by atoms with E-state index in [4.69, 9.17) is 0 Å². The summed E-state index contributed by atoms with van der Waals surface area (Å²) < 4.78 is 78.4. The lowest BCUT2D eigenvalue weighted by atomic mass is 10.1. The normalized spacial score (nSPS) is 13.6. The lowest BCUT2D eigenvalue weighted by Crippen LogP contribution is -2.18. The standard InChI is InChI=1S/C11H10F6O2/c12-6-3-7(13)10(8(14)4-6)9(18)1-2-19-5-11(15,16)17/h3-4,9,18H,1-2,5H2. The first-order chi connectivity index (χ1) is 8.70. The second-order valence-electron chi connectivity index (χ2n) is 3.76. The molecule has 0 aliphatic carbocycles. The zero-order chi connectivity index (χ0) is 14.6. The van der Waals surface area contributed by atoms with Crippen molar-refractivity contribution in [3.63, 3.8) is 0 Å². The quantitative estimate of drug-likeness (QED) is 0.666. The molecule has 0 aliphatic rings. The van der Waals surface area contributed by atoms with E-state index >= 15 is 0 Å². The molecule has 1 aromatic carbocycles. The third kappa shape index (κ3) is 5.07. The summed E-state index contributed by atoms with van der Waals surface area (Å²) in [5, 5.41) is 9.44. The monoisotopic (exact) mass is 288 g/mol. The van der Waals surface area contributed by atoms with E-state index < -0.39 is 54.9 Å². The van der Waals surface area contributed by atoms with Crippen molar-refractivity contribution in [2.75, 3.05) is 13.2 Å². The molecule has 0 heterocycles. The summed E-state index contributed by atoms with van der Waals surface area (Å²) in [7, 11) is 0. The maximum atomic E-state index is 13.2. The smallest absolute Gasteiger partial charge is 0.388 e. The van der Waals surface area contributed by atoms with Gasteiger partial charge in [-0.15, -0.1) is 0 Å². The number of alkyl halides is 3. The van der Waals surface area contributed by atoms with Crippen LogP contribution in [-0.4, -0.2) is 24.5 Å². The van der Waals surface area contributed by atoms with Crippen molar-refractivity contribution >= 4 is 0 Å². The Kier molecular flexibility index (Phi) is 5.19. The number of hydrogen-bond acceptors (Lipinski definition) is 2. The van der Waals surface area contributed by atoms with Gasteiger partial charge in [0, 0.05) is 25.2 Å². The maximum Gasteiger partial charge on any atom is 0.411 e. The predicted molar refractivity (Wildman–Crippen MR) is 52.8 cm³/mol. The Bertz CT molecular complexity index is 409. The number of halogens is 6. The van der Waals surface area contributed by atoms with Crippen LogP contribution in [0.3, 0.4) is 0 Å². The van der Waals surface area contributed by atoms with Gasteiger partial charge in [-0.2, -0.15) is 13.2 Å². The van der Waals surface area contributed by atoms with Crippen LogP contribution in [0.15, 0.2) is 12.1 Å². The molecule has 0 spiro atoms. The largest absolute Gasteiger partial charge is 0.411 e. The molecule has 0 aliphatic heterocycles. The average molecular weight is 288 g/mol. The van der Waals surface area contributed by atoms with Crippen LogP contribution in [0.2, 0.25) is 0 Å². The fraction of sp³-hybridized carbons (Fsp3) is 0.455. The summed E-state index contributed by atoms with van der Waals surface area (Å²) in [6.45, 7) is -2.06. The molecular weight excluding hydrogens is 278 g/mol. The first-order valence-corrected chi connectivity index (χ1v) is 5.17. The van der Waals surface area contributed by atoms with Crippen LogP contribution in [0.5, 0.6) is 0 Å². The summed E-state index contributed by atoms with van der Waals surface area (Å²) in [6, 6.07) is 0.746. The molecule has 8 heteroatoms. The Morgan fingerprint density at radius 2 is 1.63 bits per heavy atom. The van der Waals surface area contributed by atoms with E-state index in [0.29, 0.717) is 12.1 Å². The first kappa shape index (κ1) is 15.8. The third-order valence-corrected chi connectivity index (χ3v) is 2.18. The van der Waals surface area contributed by atoms with Crippen LogP contribution < -0.4 is 0 Å². The molecule has 108 valence electrons. The summed E-state index contributed by atoms with van der Waals surface area (Å²) in [4.78, 5) is 0. The number of benzene rings is 1. The molecule has 0 saturated heterocycles. The summed E-state index contributed by atoms with van der Waals surface area (Å²) in [5.41, 5.74) is -0.794. The van der Waals surface area contributed by atoms with Crippen LogP contribution in [0.25, 0.3) is 0 Å². The number of aliphatic hydroxyl groups is 1. The minimum Gasteiger partial charge on any atom is -0.388 e. The molecule has 19 heavy (non-hydrogen) atoms. The van der Waals surface area contributed by atoms with Gasteiger partial charge in [0.15, 0.2) is 0 Å². The van der Waals surface area contributed by atoms with Crippen LogP contribution >= 0.6 is 0 Å². The van der Waals surface area contributed by atoms with Gasteiger partial charge in [0.05, 0.1) is 11.7 Å². The van der Waals surface area contributed by atoms with E-state index in [1.807, 2.05) is 0 Å². The highest BCUT2D eigenvalue weighted by Crippen LogP contribution is 2.24. The van der Waals surface area contributed by atoms with Crippen molar-refractivity contribution < 1.29 is 36.2 Å². The van der Waals surface area contributed by atoms with Crippen molar-refractivity contribution in [2.45, 2.75) is 18.7 Å². The van der Waals surface area contributed by atoms with Crippen molar-refractivity contribution in [3.05, 3.63) is 35.1 Å². The van der Waals surface area contributed by atoms with E-state index in [2.05, 4.69) is 4.74 Å². The fourth-order valence-corrected chi connectivity index (χ4v) is 1.40. The molecule has 1 N–H and O–H groups in total. The lowest BCUT2D eigenvalue weighted by molar-refractivity contribution is -0.175. The number of ether oxygens (including phenoxy) is 1. The SMILES string of the molecule is OC(CCOCC(F)(F)F)c1c(F)cc(F)cc1F. The molecule has 0 bridgehead atoms. The van der Waals surface area contributed by atoms with E-state index in [0.717, 1.165) is 0 Å². The van der Waals surface area contributed by atoms with Crippen molar-refractivity contribution in [1.82, 2.24) is 0 Å². The molecule has 1 rings (SSSR count). The molecular formula is C11H10F6O2. The van der Waals surface area contributed by atoms with Gasteiger partial charge < -0.3 is 9.84 Å². The Labute approximate surface area is 104 Å². The van der Waals surface area contributed by atoms with E-state index in [9.17, 15) is 31.4 Å². The Balaban J connectivity index is 2.57. The van der Waals surface area contributed by atoms with Crippen molar-refractivity contribution in [3.8, 4) is 0 Å². The van der Waals surface area contributed by atoms with Gasteiger partial charge in [0.1, 0.15) is 24.1 Å². The molecule has 1 aromatic rings. The maximum absolute atomic E-state index is 13.2.